The van der Waals surface area contributed by atoms with Crippen molar-refractivity contribution in [1.82, 2.24) is 19.7 Å². The Morgan fingerprint density at radius 1 is 1.27 bits per heavy atom. The van der Waals surface area contributed by atoms with Crippen LogP contribution in [-0.4, -0.2) is 82.0 Å². The molecule has 0 saturated carbocycles. The van der Waals surface area contributed by atoms with Gasteiger partial charge in [0, 0.05) is 44.6 Å². The van der Waals surface area contributed by atoms with Crippen LogP contribution in [0, 0.1) is 0 Å². The van der Waals surface area contributed by atoms with E-state index in [0.717, 1.165) is 64.1 Å². The van der Waals surface area contributed by atoms with E-state index in [2.05, 4.69) is 27.1 Å². The van der Waals surface area contributed by atoms with Crippen LogP contribution in [0.2, 0.25) is 0 Å². The van der Waals surface area contributed by atoms with E-state index in [1.54, 1.807) is 11.3 Å². The second-order valence-corrected chi connectivity index (χ2v) is 8.01. The predicted molar refractivity (Wildman–Crippen MR) is 100 cm³/mol. The second-order valence-electron chi connectivity index (χ2n) is 7.06. The lowest BCUT2D eigenvalue weighted by atomic mass is 10.1. The van der Waals surface area contributed by atoms with E-state index >= 15 is 0 Å². The summed E-state index contributed by atoms with van der Waals surface area (Å²) in [4.78, 5) is 34.6. The van der Waals surface area contributed by atoms with E-state index in [9.17, 15) is 9.59 Å². The Labute approximate surface area is 158 Å². The van der Waals surface area contributed by atoms with E-state index in [1.165, 1.54) is 9.91 Å². The van der Waals surface area contributed by atoms with E-state index < -0.39 is 5.97 Å². The summed E-state index contributed by atoms with van der Waals surface area (Å²) in [5.41, 5.74) is 1.14. The summed E-state index contributed by atoms with van der Waals surface area (Å²) in [7, 11) is 0. The largest absolute Gasteiger partial charge is 0.480 e. The van der Waals surface area contributed by atoms with Crippen LogP contribution in [0.4, 0.5) is 0 Å². The Morgan fingerprint density at radius 3 is 2.69 bits per heavy atom. The van der Waals surface area contributed by atoms with E-state index in [-0.39, 0.29) is 18.5 Å². The van der Waals surface area contributed by atoms with Crippen molar-refractivity contribution in [2.24, 2.45) is 0 Å². The first kappa shape index (κ1) is 19.3. The van der Waals surface area contributed by atoms with Gasteiger partial charge in [0.25, 0.3) is 0 Å². The number of carboxylic acids is 1. The molecule has 2 aliphatic heterocycles. The van der Waals surface area contributed by atoms with E-state index in [1.807, 2.05) is 0 Å². The average Bonchev–Trinajstić information content (AvgIpc) is 3.01. The number of carbonyl (C=O) groups excluding carboxylic acids is 1. The van der Waals surface area contributed by atoms with Crippen molar-refractivity contribution < 1.29 is 14.7 Å². The van der Waals surface area contributed by atoms with Gasteiger partial charge in [-0.15, -0.1) is 11.3 Å². The zero-order chi connectivity index (χ0) is 18.5. The smallest absolute Gasteiger partial charge is 0.323 e. The molecule has 1 aromatic heterocycles. The minimum atomic E-state index is -0.932. The molecule has 8 heteroatoms. The molecule has 1 unspecified atom stereocenters. The number of piperazine rings is 1. The molecular weight excluding hydrogens is 352 g/mol. The van der Waals surface area contributed by atoms with Gasteiger partial charge in [-0.1, -0.05) is 6.92 Å². The molecule has 7 nitrogen and oxygen atoms in total. The minimum absolute atomic E-state index is 0.00885. The Kier molecular flexibility index (Phi) is 6.61. The Balaban J connectivity index is 1.54. The molecule has 0 aliphatic carbocycles. The van der Waals surface area contributed by atoms with Gasteiger partial charge in [0.1, 0.15) is 6.54 Å². The molecule has 1 atom stereocenters. The molecule has 2 saturated heterocycles. The van der Waals surface area contributed by atoms with Crippen LogP contribution in [-0.2, 0) is 22.6 Å². The third kappa shape index (κ3) is 4.81. The summed E-state index contributed by atoms with van der Waals surface area (Å²) in [6, 6.07) is -0.162. The van der Waals surface area contributed by atoms with Gasteiger partial charge < -0.3 is 10.0 Å². The molecule has 3 heterocycles. The normalized spacial score (nSPS) is 23.2. The first-order valence-corrected chi connectivity index (χ1v) is 10.3. The number of thiazole rings is 1. The molecule has 1 N–H and O–H groups in total. The van der Waals surface area contributed by atoms with Crippen LogP contribution in [0.3, 0.4) is 0 Å². The van der Waals surface area contributed by atoms with Gasteiger partial charge >= 0.3 is 5.97 Å². The average molecular weight is 381 g/mol. The number of amides is 1. The topological polar surface area (TPSA) is 77.0 Å². The second kappa shape index (κ2) is 8.92. The van der Waals surface area contributed by atoms with Gasteiger partial charge in [0.2, 0.25) is 5.91 Å². The standard InChI is InChI=1S/C18H28N4O3S/c1-2-16-19-14(13-26-16)11-20-7-9-21(10-8-20)15-5-3-4-6-22(18(15)25)12-17(23)24/h13,15H,2-12H2,1H3,(H,23,24). The highest BCUT2D eigenvalue weighted by Crippen LogP contribution is 2.20. The number of hydrogen-bond acceptors (Lipinski definition) is 6. The van der Waals surface area contributed by atoms with Gasteiger partial charge in [-0.05, 0) is 25.7 Å². The third-order valence-corrected chi connectivity index (χ3v) is 6.26. The highest BCUT2D eigenvalue weighted by atomic mass is 32.1. The number of likely N-dealkylation sites (tertiary alicyclic amines) is 1. The number of rotatable bonds is 6. The maximum absolute atomic E-state index is 12.8. The van der Waals surface area contributed by atoms with Crippen molar-refractivity contribution in [1.29, 1.82) is 0 Å². The summed E-state index contributed by atoms with van der Waals surface area (Å²) in [5.74, 6) is -0.941. The van der Waals surface area contributed by atoms with Crippen LogP contribution >= 0.6 is 11.3 Å². The van der Waals surface area contributed by atoms with Gasteiger partial charge in [0.05, 0.1) is 16.7 Å². The summed E-state index contributed by atoms with van der Waals surface area (Å²) in [5, 5.41) is 12.4. The zero-order valence-corrected chi connectivity index (χ0v) is 16.2. The quantitative estimate of drug-likeness (QED) is 0.801. The summed E-state index contributed by atoms with van der Waals surface area (Å²) >= 11 is 1.72. The number of aromatic nitrogens is 1. The van der Waals surface area contributed by atoms with Crippen LogP contribution in [0.25, 0.3) is 0 Å². The van der Waals surface area contributed by atoms with Crippen molar-refractivity contribution in [3.8, 4) is 0 Å². The lowest BCUT2D eigenvalue weighted by Gasteiger charge is -2.39. The SMILES string of the molecule is CCc1nc(CN2CCN(C3CCCCN(CC(=O)O)C3=O)CC2)cs1. The number of hydrogen-bond donors (Lipinski definition) is 1. The monoisotopic (exact) mass is 380 g/mol. The molecular formula is C18H28N4O3S. The summed E-state index contributed by atoms with van der Waals surface area (Å²) < 4.78 is 0. The van der Waals surface area contributed by atoms with Crippen molar-refractivity contribution in [2.45, 2.75) is 45.2 Å². The zero-order valence-electron chi connectivity index (χ0n) is 15.4. The minimum Gasteiger partial charge on any atom is -0.480 e. The van der Waals surface area contributed by atoms with Crippen LogP contribution in [0.15, 0.2) is 5.38 Å². The van der Waals surface area contributed by atoms with Crippen LogP contribution < -0.4 is 0 Å². The third-order valence-electron chi connectivity index (χ3n) is 5.21. The number of aryl methyl sites for hydroxylation is 1. The maximum Gasteiger partial charge on any atom is 0.323 e. The highest BCUT2D eigenvalue weighted by Gasteiger charge is 2.34. The molecule has 1 aromatic rings. The van der Waals surface area contributed by atoms with Gasteiger partial charge in [-0.3, -0.25) is 19.4 Å². The van der Waals surface area contributed by atoms with Crippen LogP contribution in [0.5, 0.6) is 0 Å². The summed E-state index contributed by atoms with van der Waals surface area (Å²) in [6.07, 6.45) is 3.68. The lowest BCUT2D eigenvalue weighted by Crippen LogP contribution is -2.55. The Morgan fingerprint density at radius 2 is 2.04 bits per heavy atom. The maximum atomic E-state index is 12.8. The molecule has 0 radical (unpaired) electrons. The van der Waals surface area contributed by atoms with Crippen molar-refractivity contribution in [2.75, 3.05) is 39.3 Å². The first-order valence-electron chi connectivity index (χ1n) is 9.47. The fourth-order valence-electron chi connectivity index (χ4n) is 3.79. The number of carbonyl (C=O) groups is 2. The fraction of sp³-hybridized carbons (Fsp3) is 0.722. The molecule has 0 aromatic carbocycles. The van der Waals surface area contributed by atoms with Gasteiger partial charge in [-0.2, -0.15) is 0 Å². The fourth-order valence-corrected chi connectivity index (χ4v) is 4.53. The Hall–Kier alpha value is -1.51. The van der Waals surface area contributed by atoms with Crippen molar-refractivity contribution in [3.05, 3.63) is 16.1 Å². The predicted octanol–water partition coefficient (Wildman–Crippen LogP) is 1.29. The molecule has 3 rings (SSSR count). The molecule has 0 bridgehead atoms. The van der Waals surface area contributed by atoms with E-state index in [0.29, 0.717) is 6.54 Å². The van der Waals surface area contributed by atoms with Gasteiger partial charge in [0.15, 0.2) is 0 Å². The molecule has 144 valence electrons. The number of aliphatic carboxylic acids is 1. The molecule has 2 aliphatic rings. The van der Waals surface area contributed by atoms with Crippen molar-refractivity contribution >= 4 is 23.2 Å². The number of carboxylic acid groups (broad SMARTS) is 1. The van der Waals surface area contributed by atoms with Crippen LogP contribution in [0.1, 0.15) is 36.9 Å². The summed E-state index contributed by atoms with van der Waals surface area (Å²) in [6.45, 7) is 6.91. The van der Waals surface area contributed by atoms with E-state index in [4.69, 9.17) is 5.11 Å². The van der Waals surface area contributed by atoms with Crippen molar-refractivity contribution in [3.63, 3.8) is 0 Å². The molecule has 2 fully saturated rings. The first-order chi connectivity index (χ1) is 12.6. The lowest BCUT2D eigenvalue weighted by molar-refractivity contribution is -0.146. The number of nitrogens with zero attached hydrogens (tertiary/aromatic N) is 4. The Bertz CT molecular complexity index is 628. The highest BCUT2D eigenvalue weighted by molar-refractivity contribution is 7.09. The molecule has 0 spiro atoms. The van der Waals surface area contributed by atoms with Gasteiger partial charge in [-0.25, -0.2) is 4.98 Å². The molecule has 1 amide bonds. The molecule has 26 heavy (non-hydrogen) atoms.